The summed E-state index contributed by atoms with van der Waals surface area (Å²) in [6.45, 7) is 1.97. The number of aromatic nitrogens is 3. The van der Waals surface area contributed by atoms with Crippen molar-refractivity contribution >= 4 is 29.7 Å². The van der Waals surface area contributed by atoms with Crippen LogP contribution in [0.2, 0.25) is 5.02 Å². The van der Waals surface area contributed by atoms with Gasteiger partial charge in [0.05, 0.1) is 19.3 Å². The van der Waals surface area contributed by atoms with Gasteiger partial charge in [-0.25, -0.2) is 4.68 Å². The van der Waals surface area contributed by atoms with Crippen molar-refractivity contribution in [2.45, 2.75) is 32.1 Å². The molecule has 3 aromatic rings. The van der Waals surface area contributed by atoms with E-state index in [1.54, 1.807) is 19.0 Å². The quantitative estimate of drug-likeness (QED) is 0.520. The highest BCUT2D eigenvalue weighted by Crippen LogP contribution is 2.24. The summed E-state index contributed by atoms with van der Waals surface area (Å²) in [6, 6.07) is 17.7. The maximum Gasteiger partial charge on any atom is 0.239 e. The van der Waals surface area contributed by atoms with Gasteiger partial charge < -0.3 is 4.90 Å². The van der Waals surface area contributed by atoms with E-state index in [2.05, 4.69) is 17.0 Å². The maximum absolute atomic E-state index is 12.6. The van der Waals surface area contributed by atoms with Gasteiger partial charge in [-0.05, 0) is 54.9 Å². The summed E-state index contributed by atoms with van der Waals surface area (Å²) in [5, 5.41) is 5.55. The van der Waals surface area contributed by atoms with Gasteiger partial charge in [0.2, 0.25) is 5.91 Å². The minimum atomic E-state index is -0.129. The number of amides is 1. The van der Waals surface area contributed by atoms with E-state index in [0.29, 0.717) is 23.0 Å². The number of halogens is 1. The maximum atomic E-state index is 12.6. The predicted octanol–water partition coefficient (Wildman–Crippen LogP) is 4.29. The summed E-state index contributed by atoms with van der Waals surface area (Å²) in [7, 11) is 3.61. The first-order valence-corrected chi connectivity index (χ1v) is 11.2. The second-order valence-electron chi connectivity index (χ2n) is 8.03. The minimum absolute atomic E-state index is 0.129. The van der Waals surface area contributed by atoms with Gasteiger partial charge in [0.1, 0.15) is 0 Å². The number of likely N-dealkylation sites (tertiary alicyclic amines) is 1. The van der Waals surface area contributed by atoms with E-state index < -0.39 is 0 Å². The number of rotatable bonds is 6. The number of carbonyl (C=O) groups excluding carboxylic acids is 1. The van der Waals surface area contributed by atoms with Gasteiger partial charge in [-0.3, -0.25) is 14.3 Å². The molecule has 1 aliphatic heterocycles. The van der Waals surface area contributed by atoms with Crippen molar-refractivity contribution in [1.29, 1.82) is 0 Å². The first kappa shape index (κ1) is 21.7. The van der Waals surface area contributed by atoms with Crippen LogP contribution in [0, 0.1) is 4.77 Å². The molecule has 0 saturated carbocycles. The number of hydrogen-bond donors (Lipinski definition) is 0. The van der Waals surface area contributed by atoms with E-state index in [1.165, 1.54) is 0 Å². The smallest absolute Gasteiger partial charge is 0.239 e. The molecule has 6 nitrogen and oxygen atoms in total. The normalized spacial score (nSPS) is 16.5. The molecule has 2 aromatic carbocycles. The number of likely N-dealkylation sites (N-methyl/N-ethyl adjacent to an activating group) is 1. The molecule has 4 rings (SSSR count). The first-order chi connectivity index (χ1) is 14.9. The lowest BCUT2D eigenvalue weighted by atomic mass is 10.2. The average molecular weight is 456 g/mol. The predicted molar refractivity (Wildman–Crippen MR) is 125 cm³/mol. The lowest BCUT2D eigenvalue weighted by molar-refractivity contribution is -0.134. The molecular formula is C23H26ClN5OS. The third-order valence-electron chi connectivity index (χ3n) is 5.61. The van der Waals surface area contributed by atoms with E-state index >= 15 is 0 Å². The molecule has 31 heavy (non-hydrogen) atoms. The lowest BCUT2D eigenvalue weighted by Crippen LogP contribution is -2.43. The van der Waals surface area contributed by atoms with Crippen LogP contribution in [0.3, 0.4) is 0 Å². The van der Waals surface area contributed by atoms with Crippen LogP contribution < -0.4 is 0 Å². The van der Waals surface area contributed by atoms with Crippen LogP contribution in [-0.2, 0) is 18.0 Å². The highest BCUT2D eigenvalue weighted by molar-refractivity contribution is 7.71. The average Bonchev–Trinajstić information content (AvgIpc) is 3.35. The molecule has 0 aliphatic carbocycles. The van der Waals surface area contributed by atoms with Crippen molar-refractivity contribution in [2.24, 2.45) is 0 Å². The van der Waals surface area contributed by atoms with Crippen molar-refractivity contribution in [3.63, 3.8) is 0 Å². The Morgan fingerprint density at radius 3 is 2.55 bits per heavy atom. The van der Waals surface area contributed by atoms with Gasteiger partial charge in [0.15, 0.2) is 10.6 Å². The van der Waals surface area contributed by atoms with E-state index in [-0.39, 0.29) is 11.9 Å². The van der Waals surface area contributed by atoms with Crippen LogP contribution in [-0.4, -0.2) is 56.7 Å². The third kappa shape index (κ3) is 4.74. The van der Waals surface area contributed by atoms with Crippen LogP contribution in [0.25, 0.3) is 11.4 Å². The zero-order chi connectivity index (χ0) is 22.0. The van der Waals surface area contributed by atoms with Gasteiger partial charge in [-0.15, -0.1) is 0 Å². The number of benzene rings is 2. The first-order valence-electron chi connectivity index (χ1n) is 10.4. The van der Waals surface area contributed by atoms with E-state index in [9.17, 15) is 4.79 Å². The summed E-state index contributed by atoms with van der Waals surface area (Å²) >= 11 is 11.9. The van der Waals surface area contributed by atoms with Crippen molar-refractivity contribution in [2.75, 3.05) is 20.6 Å². The molecule has 1 atom stereocenters. The molecule has 1 aromatic heterocycles. The summed E-state index contributed by atoms with van der Waals surface area (Å²) < 4.78 is 4.52. The monoisotopic (exact) mass is 455 g/mol. The molecule has 0 spiro atoms. The fraction of sp³-hybridized carbons (Fsp3) is 0.348. The number of nitrogens with zero attached hydrogens (tertiary/aromatic N) is 5. The lowest BCUT2D eigenvalue weighted by Gasteiger charge is -2.25. The van der Waals surface area contributed by atoms with Gasteiger partial charge in [0, 0.05) is 31.2 Å². The summed E-state index contributed by atoms with van der Waals surface area (Å²) in [6.07, 6.45) is 1.85. The molecule has 1 fully saturated rings. The molecule has 2 heterocycles. The fourth-order valence-corrected chi connectivity index (χ4v) is 4.37. The van der Waals surface area contributed by atoms with Gasteiger partial charge >= 0.3 is 0 Å². The molecule has 1 aliphatic rings. The molecule has 1 amide bonds. The van der Waals surface area contributed by atoms with E-state index in [4.69, 9.17) is 28.9 Å². The van der Waals surface area contributed by atoms with Crippen molar-refractivity contribution in [3.8, 4) is 11.4 Å². The second kappa shape index (κ2) is 9.34. The van der Waals surface area contributed by atoms with Crippen LogP contribution in [0.4, 0.5) is 0 Å². The SMILES string of the molecule is CN(C)C(=O)[C@@H]1CCCN1Cn1nc(-c2ccc(Cl)cc2)n(Cc2ccccc2)c1=S. The van der Waals surface area contributed by atoms with Gasteiger partial charge in [-0.1, -0.05) is 41.9 Å². The summed E-state index contributed by atoms with van der Waals surface area (Å²) in [5.41, 5.74) is 2.10. The highest BCUT2D eigenvalue weighted by Gasteiger charge is 2.32. The second-order valence-corrected chi connectivity index (χ2v) is 8.83. The molecule has 0 unspecified atom stereocenters. The van der Waals surface area contributed by atoms with Crippen molar-refractivity contribution < 1.29 is 4.79 Å². The Balaban J connectivity index is 1.70. The van der Waals surface area contributed by atoms with Crippen LogP contribution in [0.15, 0.2) is 54.6 Å². The molecule has 0 N–H and O–H groups in total. The molecule has 0 bridgehead atoms. The van der Waals surface area contributed by atoms with Crippen molar-refractivity contribution in [1.82, 2.24) is 24.1 Å². The highest BCUT2D eigenvalue weighted by atomic mass is 35.5. The summed E-state index contributed by atoms with van der Waals surface area (Å²) in [5.74, 6) is 0.922. The van der Waals surface area contributed by atoms with Crippen molar-refractivity contribution in [3.05, 3.63) is 70.0 Å². The molecule has 1 saturated heterocycles. The van der Waals surface area contributed by atoms with Crippen LogP contribution in [0.5, 0.6) is 0 Å². The van der Waals surface area contributed by atoms with E-state index in [1.807, 2.05) is 51.7 Å². The number of hydrogen-bond acceptors (Lipinski definition) is 4. The molecule has 162 valence electrons. The van der Waals surface area contributed by atoms with Gasteiger partial charge in [-0.2, -0.15) is 5.10 Å². The number of carbonyl (C=O) groups is 1. The zero-order valence-electron chi connectivity index (χ0n) is 17.7. The largest absolute Gasteiger partial charge is 0.347 e. The Kier molecular flexibility index (Phi) is 6.55. The molecule has 8 heteroatoms. The van der Waals surface area contributed by atoms with Gasteiger partial charge in [0.25, 0.3) is 0 Å². The molecular weight excluding hydrogens is 430 g/mol. The summed E-state index contributed by atoms with van der Waals surface area (Å²) in [4.78, 5) is 16.4. The third-order valence-corrected chi connectivity index (χ3v) is 6.30. The topological polar surface area (TPSA) is 46.3 Å². The Labute approximate surface area is 192 Å². The fourth-order valence-electron chi connectivity index (χ4n) is 4.00. The Bertz CT molecular complexity index is 1110. The zero-order valence-corrected chi connectivity index (χ0v) is 19.3. The van der Waals surface area contributed by atoms with Crippen LogP contribution >= 0.6 is 23.8 Å². The molecule has 0 radical (unpaired) electrons. The standard InChI is InChI=1S/C23H26ClN5OS/c1-26(2)22(30)20-9-6-14-27(20)16-29-23(31)28(15-17-7-4-3-5-8-17)21(25-29)18-10-12-19(24)13-11-18/h3-5,7-8,10-13,20H,6,9,14-16H2,1-2H3/t20-/m0/s1. The van der Waals surface area contributed by atoms with Crippen LogP contribution in [0.1, 0.15) is 18.4 Å². The minimum Gasteiger partial charge on any atom is -0.347 e. The Morgan fingerprint density at radius 1 is 1.16 bits per heavy atom. The Morgan fingerprint density at radius 2 is 1.87 bits per heavy atom. The Hall–Kier alpha value is -2.48. The van der Waals surface area contributed by atoms with E-state index in [0.717, 1.165) is 36.3 Å².